The maximum Gasteiger partial charge on any atom is 0.150 e. The Labute approximate surface area is 78.8 Å². The molecule has 13 heavy (non-hydrogen) atoms. The molecule has 0 aliphatic carbocycles. The highest BCUT2D eigenvalue weighted by Gasteiger charge is 2.14. The lowest BCUT2D eigenvalue weighted by atomic mass is 9.86. The van der Waals surface area contributed by atoms with Crippen molar-refractivity contribution < 1.29 is 4.79 Å². The number of carbonyl (C=O) groups is 1. The third-order valence-corrected chi connectivity index (χ3v) is 1.98. The zero-order chi connectivity index (χ0) is 10.1. The summed E-state index contributed by atoms with van der Waals surface area (Å²) in [7, 11) is 0. The zero-order valence-corrected chi connectivity index (χ0v) is 8.29. The van der Waals surface area contributed by atoms with E-state index in [2.05, 4.69) is 20.8 Å². The van der Waals surface area contributed by atoms with Gasteiger partial charge in [0, 0.05) is 11.3 Å². The van der Waals surface area contributed by atoms with Crippen LogP contribution in [0.3, 0.4) is 0 Å². The van der Waals surface area contributed by atoms with E-state index in [0.29, 0.717) is 11.3 Å². The molecule has 0 saturated carbocycles. The smallest absolute Gasteiger partial charge is 0.150 e. The third kappa shape index (κ3) is 2.31. The summed E-state index contributed by atoms with van der Waals surface area (Å²) in [6.45, 7) is 6.28. The third-order valence-electron chi connectivity index (χ3n) is 1.98. The van der Waals surface area contributed by atoms with Crippen LogP contribution in [0.25, 0.3) is 0 Å². The minimum atomic E-state index is 0.0349. The Morgan fingerprint density at radius 3 is 2.31 bits per heavy atom. The Morgan fingerprint density at radius 1 is 1.23 bits per heavy atom. The van der Waals surface area contributed by atoms with Gasteiger partial charge in [-0.2, -0.15) is 0 Å². The Hall–Kier alpha value is -1.31. The molecule has 2 nitrogen and oxygen atoms in total. The highest BCUT2D eigenvalue weighted by atomic mass is 16.1. The quantitative estimate of drug-likeness (QED) is 0.528. The summed E-state index contributed by atoms with van der Waals surface area (Å²) in [6, 6.07) is 5.47. The van der Waals surface area contributed by atoms with Gasteiger partial charge in [-0.05, 0) is 29.2 Å². The van der Waals surface area contributed by atoms with Gasteiger partial charge in [-0.1, -0.05) is 20.8 Å². The van der Waals surface area contributed by atoms with Crippen molar-refractivity contribution in [1.29, 1.82) is 0 Å². The van der Waals surface area contributed by atoms with Gasteiger partial charge >= 0.3 is 0 Å². The Bertz CT molecular complexity index is 323. The van der Waals surface area contributed by atoms with E-state index in [4.69, 9.17) is 5.73 Å². The molecule has 1 aromatic rings. The van der Waals surface area contributed by atoms with Crippen molar-refractivity contribution in [3.63, 3.8) is 0 Å². The van der Waals surface area contributed by atoms with Crippen molar-refractivity contribution in [2.24, 2.45) is 0 Å². The molecule has 0 saturated heterocycles. The van der Waals surface area contributed by atoms with Crippen LogP contribution in [-0.2, 0) is 5.41 Å². The number of nitrogens with two attached hydrogens (primary N) is 1. The first-order valence-electron chi connectivity index (χ1n) is 4.30. The zero-order valence-electron chi connectivity index (χ0n) is 8.29. The minimum Gasteiger partial charge on any atom is -0.399 e. The molecule has 70 valence electrons. The summed E-state index contributed by atoms with van der Waals surface area (Å²) < 4.78 is 0. The summed E-state index contributed by atoms with van der Waals surface area (Å²) in [4.78, 5) is 10.6. The average Bonchev–Trinajstić information content (AvgIpc) is 2.01. The second-order valence-corrected chi connectivity index (χ2v) is 4.26. The molecule has 0 heterocycles. The molecule has 0 bridgehead atoms. The van der Waals surface area contributed by atoms with Crippen LogP contribution in [0, 0.1) is 0 Å². The number of anilines is 1. The van der Waals surface area contributed by atoms with Gasteiger partial charge in [-0.3, -0.25) is 4.79 Å². The van der Waals surface area contributed by atoms with E-state index in [-0.39, 0.29) is 5.41 Å². The predicted molar refractivity (Wildman–Crippen MR) is 54.9 cm³/mol. The molecule has 0 atom stereocenters. The first-order valence-corrected chi connectivity index (χ1v) is 4.30. The van der Waals surface area contributed by atoms with Crippen LogP contribution < -0.4 is 5.73 Å². The molecule has 0 unspecified atom stereocenters. The summed E-state index contributed by atoms with van der Waals surface area (Å²) in [5.41, 5.74) is 8.09. The highest BCUT2D eigenvalue weighted by molar-refractivity contribution is 5.77. The van der Waals surface area contributed by atoms with E-state index in [1.165, 1.54) is 0 Å². The van der Waals surface area contributed by atoms with Gasteiger partial charge in [-0.25, -0.2) is 0 Å². The van der Waals surface area contributed by atoms with Crippen LogP contribution >= 0.6 is 0 Å². The van der Waals surface area contributed by atoms with E-state index < -0.39 is 0 Å². The van der Waals surface area contributed by atoms with Crippen molar-refractivity contribution in [2.45, 2.75) is 26.2 Å². The van der Waals surface area contributed by atoms with E-state index in [9.17, 15) is 4.79 Å². The monoisotopic (exact) mass is 177 g/mol. The van der Waals surface area contributed by atoms with Crippen molar-refractivity contribution in [3.8, 4) is 0 Å². The fourth-order valence-electron chi connectivity index (χ4n) is 1.18. The molecule has 0 radical (unpaired) electrons. The molecular formula is C11H15NO. The second-order valence-electron chi connectivity index (χ2n) is 4.26. The number of carbonyl (C=O) groups excluding carboxylic acids is 1. The van der Waals surface area contributed by atoms with Gasteiger partial charge in [0.15, 0.2) is 0 Å². The first kappa shape index (κ1) is 9.78. The van der Waals surface area contributed by atoms with E-state index in [1.54, 1.807) is 6.07 Å². The largest absolute Gasteiger partial charge is 0.399 e. The summed E-state index contributed by atoms with van der Waals surface area (Å²) >= 11 is 0. The van der Waals surface area contributed by atoms with Crippen LogP contribution in [-0.4, -0.2) is 6.29 Å². The van der Waals surface area contributed by atoms with Crippen molar-refractivity contribution >= 4 is 12.0 Å². The molecule has 2 heteroatoms. The van der Waals surface area contributed by atoms with E-state index in [0.717, 1.165) is 11.8 Å². The van der Waals surface area contributed by atoms with Gasteiger partial charge in [0.2, 0.25) is 0 Å². The van der Waals surface area contributed by atoms with Gasteiger partial charge in [0.05, 0.1) is 0 Å². The molecule has 1 rings (SSSR count). The van der Waals surface area contributed by atoms with Crippen LogP contribution in [0.15, 0.2) is 18.2 Å². The fraction of sp³-hybridized carbons (Fsp3) is 0.364. The standard InChI is InChI=1S/C11H15NO/c1-11(2,3)9-4-8(7-13)5-10(12)6-9/h4-7H,12H2,1-3H3. The predicted octanol–water partition coefficient (Wildman–Crippen LogP) is 2.38. The number of hydrogen-bond donors (Lipinski definition) is 1. The minimum absolute atomic E-state index is 0.0349. The molecule has 0 aromatic heterocycles. The number of rotatable bonds is 1. The summed E-state index contributed by atoms with van der Waals surface area (Å²) in [5, 5.41) is 0. The van der Waals surface area contributed by atoms with Crippen molar-refractivity contribution in [2.75, 3.05) is 5.73 Å². The maximum absolute atomic E-state index is 10.6. The normalized spacial score (nSPS) is 11.3. The fourth-order valence-corrected chi connectivity index (χ4v) is 1.18. The first-order chi connectivity index (χ1) is 5.93. The highest BCUT2D eigenvalue weighted by Crippen LogP contribution is 2.24. The number of aldehydes is 1. The maximum atomic E-state index is 10.6. The number of benzene rings is 1. The SMILES string of the molecule is CC(C)(C)c1cc(N)cc(C=O)c1. The van der Waals surface area contributed by atoms with Crippen LogP contribution in [0.1, 0.15) is 36.7 Å². The summed E-state index contributed by atoms with van der Waals surface area (Å²) in [6.07, 6.45) is 0.825. The number of nitrogen functional groups attached to an aromatic ring is 1. The van der Waals surface area contributed by atoms with Crippen LogP contribution in [0.2, 0.25) is 0 Å². The second kappa shape index (κ2) is 3.21. The molecular weight excluding hydrogens is 162 g/mol. The lowest BCUT2D eigenvalue weighted by Crippen LogP contribution is -2.12. The molecule has 0 amide bonds. The molecule has 0 aliphatic heterocycles. The Kier molecular flexibility index (Phi) is 2.41. The average molecular weight is 177 g/mol. The van der Waals surface area contributed by atoms with E-state index in [1.807, 2.05) is 12.1 Å². The molecule has 0 spiro atoms. The Balaban J connectivity index is 3.24. The molecule has 2 N–H and O–H groups in total. The lowest BCUT2D eigenvalue weighted by molar-refractivity contribution is 0.112. The van der Waals surface area contributed by atoms with Crippen LogP contribution in [0.5, 0.6) is 0 Å². The van der Waals surface area contributed by atoms with Gasteiger partial charge in [0.25, 0.3) is 0 Å². The summed E-state index contributed by atoms with van der Waals surface area (Å²) in [5.74, 6) is 0. The molecule has 0 aliphatic rings. The van der Waals surface area contributed by atoms with Gasteiger partial charge in [0.1, 0.15) is 6.29 Å². The van der Waals surface area contributed by atoms with Crippen LogP contribution in [0.4, 0.5) is 5.69 Å². The Morgan fingerprint density at radius 2 is 1.85 bits per heavy atom. The topological polar surface area (TPSA) is 43.1 Å². The molecule has 1 aromatic carbocycles. The number of hydrogen-bond acceptors (Lipinski definition) is 2. The van der Waals surface area contributed by atoms with Crippen molar-refractivity contribution in [1.82, 2.24) is 0 Å². The molecule has 0 fully saturated rings. The van der Waals surface area contributed by atoms with E-state index >= 15 is 0 Å². The van der Waals surface area contributed by atoms with Crippen molar-refractivity contribution in [3.05, 3.63) is 29.3 Å². The van der Waals surface area contributed by atoms with Gasteiger partial charge in [-0.15, -0.1) is 0 Å². The lowest BCUT2D eigenvalue weighted by Gasteiger charge is -2.19. The van der Waals surface area contributed by atoms with Gasteiger partial charge < -0.3 is 5.73 Å².